The van der Waals surface area contributed by atoms with Gasteiger partial charge in [0.25, 0.3) is 5.91 Å². The highest BCUT2D eigenvalue weighted by Crippen LogP contribution is 2.29. The maximum Gasteiger partial charge on any atom is 0.251 e. The largest absolute Gasteiger partial charge is 0.396 e. The van der Waals surface area contributed by atoms with Gasteiger partial charge in [-0.1, -0.05) is 24.3 Å². The normalized spacial score (nSPS) is 17.1. The van der Waals surface area contributed by atoms with E-state index in [1.165, 1.54) is 17.7 Å². The third-order valence-corrected chi connectivity index (χ3v) is 3.94. The zero-order chi connectivity index (χ0) is 14.8. The Labute approximate surface area is 123 Å². The summed E-state index contributed by atoms with van der Waals surface area (Å²) < 4.78 is 13.5. The number of anilines is 1. The minimum atomic E-state index is -0.563. The van der Waals surface area contributed by atoms with E-state index in [4.69, 9.17) is 5.73 Å². The Morgan fingerprint density at radius 3 is 2.86 bits per heavy atom. The molecule has 0 aliphatic heterocycles. The number of fused-ring (bicyclic) bond motifs is 1. The van der Waals surface area contributed by atoms with Crippen LogP contribution in [0, 0.1) is 5.82 Å². The van der Waals surface area contributed by atoms with Gasteiger partial charge in [0.05, 0.1) is 11.7 Å². The molecular weight excluding hydrogens is 267 g/mol. The highest BCUT2D eigenvalue weighted by Gasteiger charge is 2.22. The fraction of sp³-hybridized carbons (Fsp3) is 0.235. The maximum absolute atomic E-state index is 13.5. The number of nitrogens with one attached hydrogen (secondary N) is 1. The quantitative estimate of drug-likeness (QED) is 0.832. The predicted molar refractivity (Wildman–Crippen MR) is 80.4 cm³/mol. The van der Waals surface area contributed by atoms with Gasteiger partial charge in [-0.15, -0.1) is 0 Å². The van der Waals surface area contributed by atoms with Crippen molar-refractivity contribution in [2.45, 2.75) is 25.3 Å². The Bertz CT molecular complexity index is 684. The number of hydrogen-bond donors (Lipinski definition) is 2. The van der Waals surface area contributed by atoms with Crippen molar-refractivity contribution in [1.29, 1.82) is 0 Å². The molecule has 0 aromatic heterocycles. The summed E-state index contributed by atoms with van der Waals surface area (Å²) in [7, 11) is 0. The van der Waals surface area contributed by atoms with Crippen LogP contribution in [0.1, 0.15) is 40.4 Å². The number of carbonyl (C=O) groups excluding carboxylic acids is 1. The highest BCUT2D eigenvalue weighted by atomic mass is 19.1. The van der Waals surface area contributed by atoms with Crippen LogP contribution in [0.2, 0.25) is 0 Å². The van der Waals surface area contributed by atoms with E-state index >= 15 is 0 Å². The summed E-state index contributed by atoms with van der Waals surface area (Å²) in [6.07, 6.45) is 2.98. The average molecular weight is 284 g/mol. The molecule has 1 aliphatic rings. The van der Waals surface area contributed by atoms with E-state index in [1.54, 1.807) is 6.07 Å². The van der Waals surface area contributed by atoms with Crippen LogP contribution in [0.15, 0.2) is 42.5 Å². The van der Waals surface area contributed by atoms with Crippen LogP contribution in [0.5, 0.6) is 0 Å². The SMILES string of the molecule is Nc1ccc(C(=O)NC2CCCc3ccccc32)cc1F. The first-order chi connectivity index (χ1) is 10.1. The van der Waals surface area contributed by atoms with Gasteiger partial charge in [0.2, 0.25) is 0 Å². The van der Waals surface area contributed by atoms with Crippen molar-refractivity contribution in [2.24, 2.45) is 0 Å². The summed E-state index contributed by atoms with van der Waals surface area (Å²) >= 11 is 0. The molecule has 2 aromatic rings. The van der Waals surface area contributed by atoms with E-state index in [0.717, 1.165) is 24.8 Å². The number of nitrogen functional groups attached to an aromatic ring is 1. The molecule has 2 aromatic carbocycles. The summed E-state index contributed by atoms with van der Waals surface area (Å²) in [5, 5.41) is 2.99. The number of benzene rings is 2. The second-order valence-corrected chi connectivity index (χ2v) is 5.35. The molecule has 1 aliphatic carbocycles. The van der Waals surface area contributed by atoms with Crippen molar-refractivity contribution in [2.75, 3.05) is 5.73 Å². The van der Waals surface area contributed by atoms with Gasteiger partial charge in [-0.05, 0) is 48.6 Å². The summed E-state index contributed by atoms with van der Waals surface area (Å²) in [4.78, 5) is 12.3. The first-order valence-corrected chi connectivity index (χ1v) is 7.09. The topological polar surface area (TPSA) is 55.1 Å². The second kappa shape index (κ2) is 5.56. The average Bonchev–Trinajstić information content (AvgIpc) is 2.50. The second-order valence-electron chi connectivity index (χ2n) is 5.35. The van der Waals surface area contributed by atoms with Crippen molar-refractivity contribution >= 4 is 11.6 Å². The fourth-order valence-electron chi connectivity index (χ4n) is 2.81. The lowest BCUT2D eigenvalue weighted by Crippen LogP contribution is -2.31. The Balaban J connectivity index is 1.81. The molecule has 3 nitrogen and oxygen atoms in total. The maximum atomic E-state index is 13.5. The molecule has 0 spiro atoms. The standard InChI is InChI=1S/C17H17FN2O/c18-14-10-12(8-9-15(14)19)17(21)20-16-7-3-5-11-4-1-2-6-13(11)16/h1-2,4,6,8-10,16H,3,5,7,19H2,(H,20,21). The lowest BCUT2D eigenvalue weighted by atomic mass is 9.87. The highest BCUT2D eigenvalue weighted by molar-refractivity contribution is 5.94. The van der Waals surface area contributed by atoms with Gasteiger partial charge < -0.3 is 11.1 Å². The van der Waals surface area contributed by atoms with E-state index in [0.29, 0.717) is 5.56 Å². The lowest BCUT2D eigenvalue weighted by Gasteiger charge is -2.26. The van der Waals surface area contributed by atoms with Crippen LogP contribution in [0.4, 0.5) is 10.1 Å². The van der Waals surface area contributed by atoms with Gasteiger partial charge in [0.1, 0.15) is 5.82 Å². The molecule has 1 amide bonds. The van der Waals surface area contributed by atoms with Crippen molar-refractivity contribution in [3.05, 3.63) is 65.0 Å². The van der Waals surface area contributed by atoms with Crippen LogP contribution >= 0.6 is 0 Å². The van der Waals surface area contributed by atoms with E-state index in [9.17, 15) is 9.18 Å². The van der Waals surface area contributed by atoms with Gasteiger partial charge in [-0.3, -0.25) is 4.79 Å². The third kappa shape index (κ3) is 2.75. The molecule has 0 heterocycles. The molecule has 3 N–H and O–H groups in total. The van der Waals surface area contributed by atoms with Gasteiger partial charge in [0.15, 0.2) is 0 Å². The van der Waals surface area contributed by atoms with Crippen LogP contribution in [-0.4, -0.2) is 5.91 Å². The molecule has 3 rings (SSSR count). The molecule has 0 saturated heterocycles. The number of carbonyl (C=O) groups is 1. The molecule has 0 saturated carbocycles. The van der Waals surface area contributed by atoms with Crippen molar-refractivity contribution in [3.63, 3.8) is 0 Å². The van der Waals surface area contributed by atoms with E-state index in [1.807, 2.05) is 18.2 Å². The first-order valence-electron chi connectivity index (χ1n) is 7.09. The number of aryl methyl sites for hydroxylation is 1. The number of rotatable bonds is 2. The summed E-state index contributed by atoms with van der Waals surface area (Å²) in [5.74, 6) is -0.831. The Hall–Kier alpha value is -2.36. The minimum absolute atomic E-state index is 0.0111. The summed E-state index contributed by atoms with van der Waals surface area (Å²) in [5.41, 5.74) is 8.21. The number of hydrogen-bond acceptors (Lipinski definition) is 2. The minimum Gasteiger partial charge on any atom is -0.396 e. The molecule has 1 atom stereocenters. The molecule has 21 heavy (non-hydrogen) atoms. The van der Waals surface area contributed by atoms with Crippen LogP contribution in [0.25, 0.3) is 0 Å². The predicted octanol–water partition coefficient (Wildman–Crippen LogP) is 3.22. The molecule has 1 unspecified atom stereocenters. The molecule has 0 bridgehead atoms. The zero-order valence-electron chi connectivity index (χ0n) is 11.6. The monoisotopic (exact) mass is 284 g/mol. The molecular formula is C17H17FN2O. The molecule has 0 fully saturated rings. The van der Waals surface area contributed by atoms with Gasteiger partial charge in [-0.25, -0.2) is 4.39 Å². The number of nitrogens with two attached hydrogens (primary N) is 1. The molecule has 4 heteroatoms. The Morgan fingerprint density at radius 1 is 1.24 bits per heavy atom. The summed E-state index contributed by atoms with van der Waals surface area (Å²) in [6.45, 7) is 0. The van der Waals surface area contributed by atoms with E-state index in [-0.39, 0.29) is 17.6 Å². The van der Waals surface area contributed by atoms with Crippen molar-refractivity contribution < 1.29 is 9.18 Å². The zero-order valence-corrected chi connectivity index (χ0v) is 11.6. The van der Waals surface area contributed by atoms with Gasteiger partial charge in [-0.2, -0.15) is 0 Å². The Morgan fingerprint density at radius 2 is 2.05 bits per heavy atom. The smallest absolute Gasteiger partial charge is 0.251 e. The van der Waals surface area contributed by atoms with Crippen LogP contribution in [0.3, 0.4) is 0 Å². The third-order valence-electron chi connectivity index (χ3n) is 3.94. The van der Waals surface area contributed by atoms with Crippen LogP contribution in [-0.2, 0) is 6.42 Å². The first kappa shape index (κ1) is 13.6. The van der Waals surface area contributed by atoms with E-state index < -0.39 is 5.82 Å². The van der Waals surface area contributed by atoms with Crippen molar-refractivity contribution in [1.82, 2.24) is 5.32 Å². The number of halogens is 1. The Kier molecular flexibility index (Phi) is 3.60. The number of amides is 1. The van der Waals surface area contributed by atoms with E-state index in [2.05, 4.69) is 11.4 Å². The van der Waals surface area contributed by atoms with Gasteiger partial charge >= 0.3 is 0 Å². The fourth-order valence-corrected chi connectivity index (χ4v) is 2.81. The summed E-state index contributed by atoms with van der Waals surface area (Å²) in [6, 6.07) is 12.3. The van der Waals surface area contributed by atoms with Gasteiger partial charge in [0, 0.05) is 5.56 Å². The van der Waals surface area contributed by atoms with Crippen LogP contribution < -0.4 is 11.1 Å². The molecule has 0 radical (unpaired) electrons. The van der Waals surface area contributed by atoms with Crippen molar-refractivity contribution in [3.8, 4) is 0 Å². The lowest BCUT2D eigenvalue weighted by molar-refractivity contribution is 0.0932. The molecule has 108 valence electrons.